The van der Waals surface area contributed by atoms with E-state index in [0.717, 1.165) is 15.7 Å². The third-order valence-electron chi connectivity index (χ3n) is 1.61. The molecule has 0 unspecified atom stereocenters. The number of rotatable bonds is 1. The molecule has 0 aliphatic heterocycles. The monoisotopic (exact) mass is 224 g/mol. The fraction of sp³-hybridized carbons (Fsp3) is 0.222. The van der Waals surface area contributed by atoms with Gasteiger partial charge in [-0.25, -0.2) is 0 Å². The average molecular weight is 225 g/mol. The van der Waals surface area contributed by atoms with E-state index in [1.54, 1.807) is 0 Å². The van der Waals surface area contributed by atoms with Crippen LogP contribution >= 0.6 is 15.9 Å². The Labute approximate surface area is 80.3 Å². The van der Waals surface area contributed by atoms with Crippen molar-refractivity contribution in [2.45, 2.75) is 13.8 Å². The molecule has 0 saturated heterocycles. The van der Waals surface area contributed by atoms with E-state index < -0.39 is 0 Å². The van der Waals surface area contributed by atoms with Gasteiger partial charge in [-0.05, 0) is 47.0 Å². The molecule has 12 heavy (non-hydrogen) atoms. The summed E-state index contributed by atoms with van der Waals surface area (Å²) in [5.74, 6) is 0. The van der Waals surface area contributed by atoms with Crippen molar-refractivity contribution in [1.82, 2.24) is 0 Å². The fourth-order valence-electron chi connectivity index (χ4n) is 1.13. The molecule has 3 heteroatoms. The fourth-order valence-corrected chi connectivity index (χ4v) is 1.90. The average Bonchev–Trinajstić information content (AvgIpc) is 1.96. The first-order chi connectivity index (χ1) is 5.65. The minimum absolute atomic E-state index is 0.850. The zero-order valence-corrected chi connectivity index (χ0v) is 8.57. The van der Waals surface area contributed by atoms with Gasteiger partial charge in [0.1, 0.15) is 0 Å². The Kier molecular flexibility index (Phi) is 2.72. The summed E-state index contributed by atoms with van der Waals surface area (Å²) in [7, 11) is 0. The Hall–Kier alpha value is -1.01. The number of hydrogen-bond donors (Lipinski definition) is 1. The predicted octanol–water partition coefficient (Wildman–Crippen LogP) is 2.96. The normalized spacial score (nSPS) is 9.17. The van der Waals surface area contributed by atoms with Crippen molar-refractivity contribution in [2.24, 2.45) is 0 Å². The maximum absolute atomic E-state index is 8.46. The molecule has 1 rings (SSSR count). The number of anilines is 1. The first-order valence-electron chi connectivity index (χ1n) is 3.57. The number of aryl methyl sites for hydroxylation is 2. The van der Waals surface area contributed by atoms with Crippen molar-refractivity contribution < 1.29 is 0 Å². The highest BCUT2D eigenvalue weighted by atomic mass is 79.9. The second kappa shape index (κ2) is 3.59. The third kappa shape index (κ3) is 1.77. The summed E-state index contributed by atoms with van der Waals surface area (Å²) in [6.45, 7) is 3.99. The molecule has 0 spiro atoms. The van der Waals surface area contributed by atoms with E-state index in [2.05, 4.69) is 21.2 Å². The largest absolute Gasteiger partial charge is 0.291 e. The van der Waals surface area contributed by atoms with Gasteiger partial charge in [-0.3, -0.25) is 5.32 Å². The van der Waals surface area contributed by atoms with Crippen molar-refractivity contribution in [3.8, 4) is 6.19 Å². The van der Waals surface area contributed by atoms with Crippen molar-refractivity contribution in [3.63, 3.8) is 0 Å². The number of nitrogens with zero attached hydrogens (tertiary/aromatic N) is 1. The summed E-state index contributed by atoms with van der Waals surface area (Å²) in [5, 5.41) is 11.1. The maximum atomic E-state index is 8.46. The molecule has 0 aliphatic rings. The van der Waals surface area contributed by atoms with Crippen LogP contribution in [0.3, 0.4) is 0 Å². The van der Waals surface area contributed by atoms with Gasteiger partial charge in [0, 0.05) is 4.47 Å². The molecule has 0 fully saturated rings. The van der Waals surface area contributed by atoms with Gasteiger partial charge in [-0.1, -0.05) is 6.07 Å². The molecule has 0 saturated carbocycles. The van der Waals surface area contributed by atoms with Gasteiger partial charge in [-0.2, -0.15) is 5.26 Å². The molecular formula is C9H9BrN2. The van der Waals surface area contributed by atoms with E-state index in [0.29, 0.717) is 0 Å². The maximum Gasteiger partial charge on any atom is 0.181 e. The highest BCUT2D eigenvalue weighted by Crippen LogP contribution is 2.27. The molecule has 0 aromatic heterocycles. The van der Waals surface area contributed by atoms with Crippen LogP contribution in [-0.2, 0) is 0 Å². The minimum atomic E-state index is 0.850. The summed E-state index contributed by atoms with van der Waals surface area (Å²) in [6.07, 6.45) is 1.91. The lowest BCUT2D eigenvalue weighted by Crippen LogP contribution is -1.93. The summed E-state index contributed by atoms with van der Waals surface area (Å²) in [5.41, 5.74) is 3.11. The van der Waals surface area contributed by atoms with Gasteiger partial charge < -0.3 is 0 Å². The van der Waals surface area contributed by atoms with Crippen LogP contribution in [0.2, 0.25) is 0 Å². The van der Waals surface area contributed by atoms with Gasteiger partial charge in [0.05, 0.1) is 5.69 Å². The molecule has 0 aliphatic carbocycles. The van der Waals surface area contributed by atoms with Crippen LogP contribution < -0.4 is 5.32 Å². The molecular weight excluding hydrogens is 216 g/mol. The van der Waals surface area contributed by atoms with Crippen LogP contribution in [0.5, 0.6) is 0 Å². The molecule has 0 amide bonds. The van der Waals surface area contributed by atoms with E-state index in [-0.39, 0.29) is 0 Å². The second-order valence-corrected chi connectivity index (χ2v) is 3.53. The van der Waals surface area contributed by atoms with Crippen LogP contribution in [0.4, 0.5) is 5.69 Å². The van der Waals surface area contributed by atoms with Crippen molar-refractivity contribution >= 4 is 21.6 Å². The molecule has 0 radical (unpaired) electrons. The van der Waals surface area contributed by atoms with Crippen LogP contribution in [0.1, 0.15) is 11.1 Å². The molecule has 0 atom stereocenters. The van der Waals surface area contributed by atoms with Crippen LogP contribution in [0.25, 0.3) is 0 Å². The first kappa shape index (κ1) is 9.08. The van der Waals surface area contributed by atoms with Gasteiger partial charge in [0.15, 0.2) is 6.19 Å². The predicted molar refractivity (Wildman–Crippen MR) is 52.9 cm³/mol. The lowest BCUT2D eigenvalue weighted by molar-refractivity contribution is 1.35. The van der Waals surface area contributed by atoms with Gasteiger partial charge >= 0.3 is 0 Å². The van der Waals surface area contributed by atoms with E-state index in [4.69, 9.17) is 5.26 Å². The Balaban J connectivity index is 3.21. The SMILES string of the molecule is Cc1cc(C)c(NC#N)c(Br)c1. The van der Waals surface area contributed by atoms with E-state index >= 15 is 0 Å². The van der Waals surface area contributed by atoms with Crippen molar-refractivity contribution in [1.29, 1.82) is 5.26 Å². The van der Waals surface area contributed by atoms with E-state index in [9.17, 15) is 0 Å². The molecule has 1 N–H and O–H groups in total. The van der Waals surface area contributed by atoms with E-state index in [1.165, 1.54) is 5.56 Å². The number of nitriles is 1. The lowest BCUT2D eigenvalue weighted by atomic mass is 10.1. The summed E-state index contributed by atoms with van der Waals surface area (Å²) < 4.78 is 0.932. The van der Waals surface area contributed by atoms with Crippen molar-refractivity contribution in [3.05, 3.63) is 27.7 Å². The second-order valence-electron chi connectivity index (χ2n) is 2.68. The number of hydrogen-bond acceptors (Lipinski definition) is 2. The van der Waals surface area contributed by atoms with Crippen LogP contribution in [0, 0.1) is 25.3 Å². The molecule has 0 heterocycles. The number of nitrogens with one attached hydrogen (secondary N) is 1. The smallest absolute Gasteiger partial charge is 0.181 e. The third-order valence-corrected chi connectivity index (χ3v) is 2.24. The first-order valence-corrected chi connectivity index (χ1v) is 4.36. The molecule has 2 nitrogen and oxygen atoms in total. The number of benzene rings is 1. The standard InChI is InChI=1S/C9H9BrN2/c1-6-3-7(2)9(12-5-11)8(10)4-6/h3-4,12H,1-2H3. The summed E-state index contributed by atoms with van der Waals surface area (Å²) in [4.78, 5) is 0. The summed E-state index contributed by atoms with van der Waals surface area (Å²) in [6, 6.07) is 4.01. The number of halogens is 1. The summed E-state index contributed by atoms with van der Waals surface area (Å²) >= 11 is 3.39. The molecule has 1 aromatic carbocycles. The minimum Gasteiger partial charge on any atom is -0.291 e. The lowest BCUT2D eigenvalue weighted by Gasteiger charge is -2.06. The Bertz CT molecular complexity index is 316. The van der Waals surface area contributed by atoms with Gasteiger partial charge in [-0.15, -0.1) is 0 Å². The molecule has 1 aromatic rings. The van der Waals surface area contributed by atoms with Gasteiger partial charge in [0.2, 0.25) is 0 Å². The highest BCUT2D eigenvalue weighted by molar-refractivity contribution is 9.10. The van der Waals surface area contributed by atoms with E-state index in [1.807, 2.05) is 32.2 Å². The zero-order chi connectivity index (χ0) is 9.14. The Morgan fingerprint density at radius 3 is 2.58 bits per heavy atom. The molecule has 0 bridgehead atoms. The molecule has 62 valence electrons. The van der Waals surface area contributed by atoms with Crippen molar-refractivity contribution in [2.75, 3.05) is 5.32 Å². The zero-order valence-electron chi connectivity index (χ0n) is 6.98. The van der Waals surface area contributed by atoms with Crippen LogP contribution in [-0.4, -0.2) is 0 Å². The Morgan fingerprint density at radius 2 is 2.08 bits per heavy atom. The van der Waals surface area contributed by atoms with Crippen LogP contribution in [0.15, 0.2) is 16.6 Å². The topological polar surface area (TPSA) is 35.8 Å². The van der Waals surface area contributed by atoms with Gasteiger partial charge in [0.25, 0.3) is 0 Å². The quantitative estimate of drug-likeness (QED) is 0.589. The Morgan fingerprint density at radius 1 is 1.42 bits per heavy atom. The highest BCUT2D eigenvalue weighted by Gasteiger charge is 2.02.